The molecule has 2 unspecified atom stereocenters. The number of ether oxygens (including phenoxy) is 1. The summed E-state index contributed by atoms with van der Waals surface area (Å²) in [6.45, 7) is 8.51. The van der Waals surface area contributed by atoms with Gasteiger partial charge >= 0.3 is 7.60 Å². The number of rotatable bonds is 16. The largest absolute Gasteiger partial charge is 0.494 e. The second-order valence-electron chi connectivity index (χ2n) is 20.4. The molecule has 4 aromatic carbocycles. The molecule has 5 aliphatic rings. The summed E-state index contributed by atoms with van der Waals surface area (Å²) in [4.78, 5) is 71.6. The molecule has 0 aliphatic carbocycles. The number of piperazine rings is 1. The number of anilines is 6. The van der Waals surface area contributed by atoms with E-state index >= 15 is 0 Å². The summed E-state index contributed by atoms with van der Waals surface area (Å²) in [5, 5.41) is 13.9. The number of nitrogens with zero attached hydrogens (tertiary/aromatic N) is 9. The van der Waals surface area contributed by atoms with Crippen molar-refractivity contribution in [1.82, 2.24) is 39.8 Å². The number of halogens is 1. The lowest BCUT2D eigenvalue weighted by atomic mass is 9.98. The highest BCUT2D eigenvalue weighted by Crippen LogP contribution is 2.49. The highest BCUT2D eigenvalue weighted by molar-refractivity contribution is 9.10. The molecule has 0 radical (unpaired) electrons. The van der Waals surface area contributed by atoms with Crippen LogP contribution >= 0.6 is 23.5 Å². The van der Waals surface area contributed by atoms with Crippen molar-refractivity contribution in [3.63, 3.8) is 0 Å². The molecule has 7 heterocycles. The topological polar surface area (TPSA) is 209 Å². The van der Waals surface area contributed by atoms with E-state index in [2.05, 4.69) is 73.7 Å². The molecule has 0 saturated carbocycles. The van der Waals surface area contributed by atoms with Crippen LogP contribution in [0.5, 0.6) is 5.75 Å². The molecule has 5 aliphatic heterocycles. The monoisotopic (exact) mass is 1140 g/mol. The Morgan fingerprint density at radius 1 is 0.744 bits per heavy atom. The Balaban J connectivity index is 0.720. The number of amides is 4. The number of hydrogen-bond acceptors (Lipinski definition) is 17. The molecular formula is C56H62BrN12O8P. The molecule has 4 amide bonds. The lowest BCUT2D eigenvalue weighted by Gasteiger charge is -2.44. The standard InChI is InChI=1S/C56H62BrN12O8P/c1-64-34-38(30-59-64)42-28-46(61-56-58-31-44(57)52(63-56)60-45-13-10-37(36-8-6-5-7-9-36)26-50(45)78(74,76-3)77-4)49(75-2)29-48(42)67-20-17-39(18-21-67)66-24-22-65(23-25-66)32-35-16-19-68(33-35)40-11-12-41-43(27-40)55(73)69(54(41)72)47-14-15-51(70)62-53(47)71/h5-13,26-31,34-35,39,47H,14-25,32-33H2,1-4H3,(H,62,70,71)(H2,58,60,61,63). The maximum Gasteiger partial charge on any atom is 0.362 e. The van der Waals surface area contributed by atoms with Crippen LogP contribution in [0.2, 0.25) is 0 Å². The number of nitrogens with one attached hydrogen (secondary N) is 3. The van der Waals surface area contributed by atoms with Gasteiger partial charge in [0, 0.05) is 134 Å². The van der Waals surface area contributed by atoms with Gasteiger partial charge in [0.05, 0.1) is 45.6 Å². The lowest BCUT2D eigenvalue weighted by Crippen LogP contribution is -2.54. The Kier molecular flexibility index (Phi) is 15.2. The number of fused-ring (bicyclic) bond motifs is 1. The van der Waals surface area contributed by atoms with Gasteiger partial charge in [-0.3, -0.25) is 43.5 Å². The van der Waals surface area contributed by atoms with E-state index in [0.717, 1.165) is 117 Å². The Morgan fingerprint density at radius 2 is 1.50 bits per heavy atom. The van der Waals surface area contributed by atoms with Crippen molar-refractivity contribution in [3.8, 4) is 28.0 Å². The van der Waals surface area contributed by atoms with Gasteiger partial charge in [0.25, 0.3) is 11.8 Å². The van der Waals surface area contributed by atoms with Crippen LogP contribution < -0.4 is 35.8 Å². The summed E-state index contributed by atoms with van der Waals surface area (Å²) < 4.78 is 33.4. The van der Waals surface area contributed by atoms with Crippen LogP contribution in [0.3, 0.4) is 0 Å². The molecular weight excluding hydrogens is 1080 g/mol. The van der Waals surface area contributed by atoms with E-state index in [1.807, 2.05) is 74.0 Å². The fourth-order valence-electron chi connectivity index (χ4n) is 11.6. The van der Waals surface area contributed by atoms with Crippen molar-refractivity contribution >= 4 is 87.0 Å². The quantitative estimate of drug-likeness (QED) is 0.0636. The zero-order valence-corrected chi connectivity index (χ0v) is 46.5. The molecule has 22 heteroatoms. The highest BCUT2D eigenvalue weighted by Gasteiger charge is 2.45. The minimum atomic E-state index is -3.73. The SMILES string of the molecule is COc1cc(N2CCC(N3CCN(CC4CCN(c5ccc6c(c5)C(=O)N(C5CCC(=O)NC5=O)C6=O)C4)CC3)CC2)c(-c2cnn(C)c2)cc1Nc1ncc(Br)c(Nc2ccc(-c3ccccc3)cc2P(=O)(OC)OC)n1. The van der Waals surface area contributed by atoms with Crippen LogP contribution in [-0.2, 0) is 30.2 Å². The predicted octanol–water partition coefficient (Wildman–Crippen LogP) is 7.43. The molecule has 3 N–H and O–H groups in total. The van der Waals surface area contributed by atoms with E-state index < -0.39 is 37.3 Å². The van der Waals surface area contributed by atoms with E-state index in [1.54, 1.807) is 30.1 Å². The van der Waals surface area contributed by atoms with Crippen molar-refractivity contribution in [2.24, 2.45) is 13.0 Å². The van der Waals surface area contributed by atoms with Gasteiger partial charge in [-0.25, -0.2) is 4.98 Å². The van der Waals surface area contributed by atoms with Crippen LogP contribution in [-0.4, -0.2) is 150 Å². The summed E-state index contributed by atoms with van der Waals surface area (Å²) >= 11 is 3.62. The number of hydrogen-bond donors (Lipinski definition) is 3. The zero-order valence-electron chi connectivity index (χ0n) is 44.0. The number of imide groups is 2. The number of carbonyl (C=O) groups is 4. The predicted molar refractivity (Wildman–Crippen MR) is 301 cm³/mol. The summed E-state index contributed by atoms with van der Waals surface area (Å²) in [6.07, 6.45) is 8.84. The van der Waals surface area contributed by atoms with Crippen LogP contribution in [0.4, 0.5) is 34.5 Å². The van der Waals surface area contributed by atoms with Crippen molar-refractivity contribution in [2.75, 3.05) is 101 Å². The molecule has 6 aromatic rings. The number of aromatic nitrogens is 4. The van der Waals surface area contributed by atoms with Gasteiger partial charge in [0.2, 0.25) is 17.8 Å². The number of carbonyl (C=O) groups excluding carboxylic acids is 4. The third-order valence-corrected chi connectivity index (χ3v) is 18.3. The normalized spacial score (nSPS) is 19.6. The molecule has 4 saturated heterocycles. The van der Waals surface area contributed by atoms with Crippen molar-refractivity contribution < 1.29 is 37.5 Å². The lowest BCUT2D eigenvalue weighted by molar-refractivity contribution is -0.136. The first-order valence-corrected chi connectivity index (χ1v) is 28.6. The maximum atomic E-state index is 14.0. The first kappa shape index (κ1) is 53.0. The summed E-state index contributed by atoms with van der Waals surface area (Å²) in [6, 6.07) is 24.4. The number of piperidine rings is 2. The van der Waals surface area contributed by atoms with Gasteiger partial charge < -0.3 is 39.1 Å². The second-order valence-corrected chi connectivity index (χ2v) is 23.5. The van der Waals surface area contributed by atoms with Gasteiger partial charge in [-0.1, -0.05) is 36.4 Å². The highest BCUT2D eigenvalue weighted by atomic mass is 79.9. The average Bonchev–Trinajstić information content (AvgIpc) is 4.34. The second kappa shape index (κ2) is 22.4. The van der Waals surface area contributed by atoms with Gasteiger partial charge in [0.15, 0.2) is 0 Å². The molecule has 0 bridgehead atoms. The van der Waals surface area contributed by atoms with Gasteiger partial charge in [-0.15, -0.1) is 0 Å². The van der Waals surface area contributed by atoms with Crippen molar-refractivity contribution in [3.05, 3.63) is 113 Å². The van der Waals surface area contributed by atoms with E-state index in [-0.39, 0.29) is 12.8 Å². The van der Waals surface area contributed by atoms with Gasteiger partial charge in [-0.05, 0) is 95.1 Å². The van der Waals surface area contributed by atoms with E-state index in [0.29, 0.717) is 61.8 Å². The Morgan fingerprint density at radius 3 is 2.22 bits per heavy atom. The first-order chi connectivity index (χ1) is 37.8. The average molecular weight is 1140 g/mol. The maximum absolute atomic E-state index is 14.0. The van der Waals surface area contributed by atoms with Crippen LogP contribution in [0.15, 0.2) is 102 Å². The summed E-state index contributed by atoms with van der Waals surface area (Å²) in [7, 11) is 2.57. The van der Waals surface area contributed by atoms with Crippen molar-refractivity contribution in [2.45, 2.75) is 44.2 Å². The summed E-state index contributed by atoms with van der Waals surface area (Å²) in [5.41, 5.74) is 7.49. The molecule has 20 nitrogen and oxygen atoms in total. The zero-order chi connectivity index (χ0) is 54.2. The molecule has 2 aromatic heterocycles. The molecule has 2 atom stereocenters. The molecule has 406 valence electrons. The van der Waals surface area contributed by atoms with Crippen molar-refractivity contribution in [1.29, 1.82) is 0 Å². The Labute approximate surface area is 461 Å². The van der Waals surface area contributed by atoms with Crippen LogP contribution in [0.25, 0.3) is 22.3 Å². The third kappa shape index (κ3) is 10.7. The van der Waals surface area contributed by atoms with E-state index in [1.165, 1.54) is 14.2 Å². The smallest absolute Gasteiger partial charge is 0.362 e. The molecule has 4 fully saturated rings. The summed E-state index contributed by atoms with van der Waals surface area (Å²) in [5.74, 6) is -0.149. The minimum Gasteiger partial charge on any atom is -0.494 e. The fourth-order valence-corrected chi connectivity index (χ4v) is 13.2. The fraction of sp³-hybridized carbons (Fsp3) is 0.375. The third-order valence-electron chi connectivity index (χ3n) is 15.8. The van der Waals surface area contributed by atoms with Crippen LogP contribution in [0, 0.1) is 5.92 Å². The molecule has 0 spiro atoms. The minimum absolute atomic E-state index is 0.0874. The van der Waals surface area contributed by atoms with Gasteiger partial charge in [-0.2, -0.15) is 10.1 Å². The molecule has 11 rings (SSSR count). The van der Waals surface area contributed by atoms with E-state index in [4.69, 9.17) is 18.8 Å². The van der Waals surface area contributed by atoms with Gasteiger partial charge in [0.1, 0.15) is 17.6 Å². The Hall–Kier alpha value is -7.00. The number of methoxy groups -OCH3 is 1. The van der Waals surface area contributed by atoms with Crippen LogP contribution in [0.1, 0.15) is 52.8 Å². The number of aryl methyl sites for hydroxylation is 1. The first-order valence-electron chi connectivity index (χ1n) is 26.3. The number of benzene rings is 4. The Bertz CT molecular complexity index is 3320. The van der Waals surface area contributed by atoms with E-state index in [9.17, 15) is 23.7 Å². The molecule has 78 heavy (non-hydrogen) atoms.